The van der Waals surface area contributed by atoms with Crippen molar-refractivity contribution in [2.45, 2.75) is 12.5 Å². The Morgan fingerprint density at radius 1 is 1.62 bits per heavy atom. The van der Waals surface area contributed by atoms with Gasteiger partial charge in [-0.1, -0.05) is 0 Å². The summed E-state index contributed by atoms with van der Waals surface area (Å²) in [4.78, 5) is 3.10. The standard InChI is InChI=1S/C4H2F2NO/c5-4(6)3-1-8-2-7-3/h3-4H. The van der Waals surface area contributed by atoms with Gasteiger partial charge in [-0.3, -0.25) is 0 Å². The second-order valence-corrected chi connectivity index (χ2v) is 1.22. The number of alkyl halides is 2. The van der Waals surface area contributed by atoms with Crippen LogP contribution in [0.2, 0.25) is 0 Å². The first-order valence-corrected chi connectivity index (χ1v) is 1.95. The normalized spacial score (nSPS) is 26.6. The van der Waals surface area contributed by atoms with Crippen LogP contribution in [0.3, 0.4) is 0 Å². The van der Waals surface area contributed by atoms with Gasteiger partial charge >= 0.3 is 0 Å². The van der Waals surface area contributed by atoms with E-state index in [0.717, 1.165) is 0 Å². The molecule has 0 aliphatic carbocycles. The van der Waals surface area contributed by atoms with Crippen molar-refractivity contribution >= 4 is 6.40 Å². The van der Waals surface area contributed by atoms with E-state index in [9.17, 15) is 8.78 Å². The minimum atomic E-state index is -2.52. The van der Waals surface area contributed by atoms with Gasteiger partial charge < -0.3 is 4.74 Å². The number of hydrogen-bond acceptors (Lipinski definition) is 2. The average molecular weight is 118 g/mol. The Balaban J connectivity index is 2.36. The van der Waals surface area contributed by atoms with Crippen LogP contribution in [-0.4, -0.2) is 18.9 Å². The van der Waals surface area contributed by atoms with Crippen LogP contribution < -0.4 is 0 Å². The van der Waals surface area contributed by atoms with Crippen LogP contribution in [0.4, 0.5) is 8.78 Å². The van der Waals surface area contributed by atoms with Crippen molar-refractivity contribution in [2.75, 3.05) is 0 Å². The molecule has 0 fully saturated rings. The molecule has 3 radical (unpaired) electrons. The highest BCUT2D eigenvalue weighted by Crippen LogP contribution is 2.12. The highest BCUT2D eigenvalue weighted by molar-refractivity contribution is 5.50. The van der Waals surface area contributed by atoms with Gasteiger partial charge in [-0.05, 0) is 0 Å². The third-order valence-corrected chi connectivity index (χ3v) is 0.656. The van der Waals surface area contributed by atoms with Gasteiger partial charge in [0, 0.05) is 0 Å². The molecule has 0 aromatic heterocycles. The summed E-state index contributed by atoms with van der Waals surface area (Å²) in [6.45, 7) is 1.93. The maximum absolute atomic E-state index is 11.5. The van der Waals surface area contributed by atoms with Crippen molar-refractivity contribution in [3.63, 3.8) is 0 Å². The lowest BCUT2D eigenvalue weighted by molar-refractivity contribution is 0.120. The van der Waals surface area contributed by atoms with Crippen LogP contribution >= 0.6 is 0 Å². The lowest BCUT2D eigenvalue weighted by Crippen LogP contribution is -2.12. The SMILES string of the molecule is FC(F)C1[C]O[C]=N1. The van der Waals surface area contributed by atoms with Crippen molar-refractivity contribution in [3.05, 3.63) is 6.61 Å². The maximum atomic E-state index is 11.5. The predicted octanol–water partition coefficient (Wildman–Crippen LogP) is 0.594. The van der Waals surface area contributed by atoms with Crippen molar-refractivity contribution < 1.29 is 13.5 Å². The minimum Gasteiger partial charge on any atom is -0.456 e. The third-order valence-electron chi connectivity index (χ3n) is 0.656. The van der Waals surface area contributed by atoms with Gasteiger partial charge in [0.25, 0.3) is 12.8 Å². The molecule has 8 heavy (non-hydrogen) atoms. The van der Waals surface area contributed by atoms with Crippen molar-refractivity contribution in [1.82, 2.24) is 0 Å². The molecule has 1 aliphatic heterocycles. The van der Waals surface area contributed by atoms with Crippen LogP contribution in [0.15, 0.2) is 4.99 Å². The molecule has 1 heterocycles. The molecule has 1 rings (SSSR count). The summed E-state index contributed by atoms with van der Waals surface area (Å²) < 4.78 is 27.0. The molecule has 1 aliphatic rings. The zero-order chi connectivity index (χ0) is 5.98. The fourth-order valence-corrected chi connectivity index (χ4v) is 0.304. The van der Waals surface area contributed by atoms with Crippen LogP contribution in [-0.2, 0) is 4.74 Å². The summed E-state index contributed by atoms with van der Waals surface area (Å²) in [5.41, 5.74) is 0. The molecular weight excluding hydrogens is 116 g/mol. The molecule has 0 aromatic rings. The molecular formula is C4H2F2NO. The first-order valence-electron chi connectivity index (χ1n) is 1.95. The number of hydrogen-bond donors (Lipinski definition) is 0. The first-order chi connectivity index (χ1) is 3.80. The van der Waals surface area contributed by atoms with Gasteiger partial charge in [0.05, 0.1) is 0 Å². The van der Waals surface area contributed by atoms with E-state index < -0.39 is 12.5 Å². The zero-order valence-corrected chi connectivity index (χ0v) is 3.77. The maximum Gasteiger partial charge on any atom is 0.274 e. The largest absolute Gasteiger partial charge is 0.456 e. The van der Waals surface area contributed by atoms with Crippen LogP contribution in [0.5, 0.6) is 0 Å². The third kappa shape index (κ3) is 0.936. The molecule has 1 atom stereocenters. The highest BCUT2D eigenvalue weighted by Gasteiger charge is 2.24. The zero-order valence-electron chi connectivity index (χ0n) is 3.77. The monoisotopic (exact) mass is 118 g/mol. The predicted molar refractivity (Wildman–Crippen MR) is 21.6 cm³/mol. The quantitative estimate of drug-likeness (QED) is 0.494. The van der Waals surface area contributed by atoms with E-state index in [1.807, 2.05) is 13.0 Å². The summed E-state index contributed by atoms with van der Waals surface area (Å²) in [5, 5.41) is 0. The molecule has 0 amide bonds. The molecule has 0 spiro atoms. The molecule has 0 saturated carbocycles. The van der Waals surface area contributed by atoms with Crippen LogP contribution in [0.1, 0.15) is 0 Å². The Hall–Kier alpha value is -0.670. The van der Waals surface area contributed by atoms with Crippen LogP contribution in [0.25, 0.3) is 0 Å². The fourth-order valence-electron chi connectivity index (χ4n) is 0.304. The summed E-state index contributed by atoms with van der Waals surface area (Å²) in [7, 11) is 0. The van der Waals surface area contributed by atoms with E-state index in [4.69, 9.17) is 0 Å². The Morgan fingerprint density at radius 2 is 2.38 bits per heavy atom. The van der Waals surface area contributed by atoms with Gasteiger partial charge in [0.15, 0.2) is 6.04 Å². The van der Waals surface area contributed by atoms with E-state index in [-0.39, 0.29) is 0 Å². The van der Waals surface area contributed by atoms with Gasteiger partial charge in [-0.2, -0.15) is 0 Å². The van der Waals surface area contributed by atoms with Gasteiger partial charge in [-0.15, -0.1) is 0 Å². The Labute approximate surface area is 45.2 Å². The highest BCUT2D eigenvalue weighted by atomic mass is 19.3. The lowest BCUT2D eigenvalue weighted by atomic mass is 10.4. The molecule has 0 saturated heterocycles. The van der Waals surface area contributed by atoms with Crippen LogP contribution in [0, 0.1) is 6.61 Å². The number of nitrogens with zero attached hydrogens (tertiary/aromatic N) is 1. The van der Waals surface area contributed by atoms with Crippen molar-refractivity contribution in [3.8, 4) is 0 Å². The van der Waals surface area contributed by atoms with E-state index in [1.165, 1.54) is 0 Å². The molecule has 43 valence electrons. The van der Waals surface area contributed by atoms with Gasteiger partial charge in [0.1, 0.15) is 0 Å². The number of ether oxygens (including phenoxy) is 1. The molecule has 0 aromatic carbocycles. The second-order valence-electron chi connectivity index (χ2n) is 1.22. The lowest BCUT2D eigenvalue weighted by Gasteiger charge is -1.97. The summed E-state index contributed by atoms with van der Waals surface area (Å²) >= 11 is 0. The second kappa shape index (κ2) is 2.07. The van der Waals surface area contributed by atoms with Gasteiger partial charge in [-0.25, -0.2) is 13.8 Å². The smallest absolute Gasteiger partial charge is 0.274 e. The van der Waals surface area contributed by atoms with E-state index in [0.29, 0.717) is 0 Å². The molecule has 0 N–H and O–H groups in total. The number of rotatable bonds is 1. The fraction of sp³-hybridized carbons (Fsp3) is 0.500. The van der Waals surface area contributed by atoms with E-state index in [2.05, 4.69) is 9.73 Å². The topological polar surface area (TPSA) is 21.6 Å². The molecule has 2 nitrogen and oxygen atoms in total. The Bertz CT molecular complexity index is 104. The minimum absolute atomic E-state index is 1.23. The molecule has 4 heteroatoms. The van der Waals surface area contributed by atoms with E-state index in [1.54, 1.807) is 0 Å². The average Bonchev–Trinajstić information content (AvgIpc) is 2.12. The Morgan fingerprint density at radius 3 is 2.62 bits per heavy atom. The molecule has 1 unspecified atom stereocenters. The summed E-state index contributed by atoms with van der Waals surface area (Å²) in [6.07, 6.45) is -0.636. The summed E-state index contributed by atoms with van der Waals surface area (Å²) in [6, 6.07) is -1.23. The molecule has 0 bridgehead atoms. The van der Waals surface area contributed by atoms with Crippen molar-refractivity contribution in [2.24, 2.45) is 4.99 Å². The first kappa shape index (κ1) is 5.47. The van der Waals surface area contributed by atoms with E-state index >= 15 is 0 Å². The summed E-state index contributed by atoms with van der Waals surface area (Å²) in [5.74, 6) is 0. The Kier molecular flexibility index (Phi) is 1.41. The number of halogens is 2. The number of aliphatic imine (C=N–C) groups is 1. The van der Waals surface area contributed by atoms with Crippen molar-refractivity contribution in [1.29, 1.82) is 0 Å². The van der Waals surface area contributed by atoms with Gasteiger partial charge in [0.2, 0.25) is 6.61 Å².